The number of ether oxygens (including phenoxy) is 1. The molecule has 1 saturated carbocycles. The van der Waals surface area contributed by atoms with E-state index in [2.05, 4.69) is 15.6 Å². The molecule has 2 aromatic rings. The van der Waals surface area contributed by atoms with Crippen LogP contribution in [0.5, 0.6) is 0 Å². The van der Waals surface area contributed by atoms with Crippen LogP contribution in [-0.4, -0.2) is 37.1 Å². The first-order valence-electron chi connectivity index (χ1n) is 9.10. The van der Waals surface area contributed by atoms with Crippen LogP contribution in [0.15, 0.2) is 36.5 Å². The number of nitrogens with one attached hydrogen (secondary N) is 2. The molecule has 26 heavy (non-hydrogen) atoms. The van der Waals surface area contributed by atoms with Crippen molar-refractivity contribution in [2.24, 2.45) is 11.8 Å². The largest absolute Gasteiger partial charge is 0.383 e. The molecule has 6 nitrogen and oxygen atoms in total. The second kappa shape index (κ2) is 8.76. The van der Waals surface area contributed by atoms with Crippen LogP contribution in [0.1, 0.15) is 25.7 Å². The van der Waals surface area contributed by atoms with Crippen LogP contribution in [0.4, 0.5) is 5.69 Å². The van der Waals surface area contributed by atoms with E-state index in [1.165, 1.54) is 0 Å². The predicted molar refractivity (Wildman–Crippen MR) is 101 cm³/mol. The van der Waals surface area contributed by atoms with Crippen LogP contribution in [0.2, 0.25) is 0 Å². The van der Waals surface area contributed by atoms with Crippen molar-refractivity contribution >= 4 is 28.4 Å². The highest BCUT2D eigenvalue weighted by atomic mass is 16.5. The number of nitrogens with zero attached hydrogens (tertiary/aromatic N) is 1. The summed E-state index contributed by atoms with van der Waals surface area (Å²) in [4.78, 5) is 29.1. The van der Waals surface area contributed by atoms with Crippen LogP contribution in [-0.2, 0) is 14.3 Å². The van der Waals surface area contributed by atoms with Crippen LogP contribution >= 0.6 is 0 Å². The van der Waals surface area contributed by atoms with Crippen molar-refractivity contribution in [2.75, 3.05) is 25.6 Å². The van der Waals surface area contributed by atoms with E-state index in [0.717, 1.165) is 42.3 Å². The fourth-order valence-electron chi connectivity index (χ4n) is 3.48. The van der Waals surface area contributed by atoms with E-state index in [4.69, 9.17) is 4.74 Å². The third kappa shape index (κ3) is 4.38. The molecule has 1 aromatic heterocycles. The maximum atomic E-state index is 12.6. The van der Waals surface area contributed by atoms with E-state index in [-0.39, 0.29) is 23.7 Å². The molecule has 0 saturated heterocycles. The normalized spacial score (nSPS) is 19.9. The molecule has 0 unspecified atom stereocenters. The van der Waals surface area contributed by atoms with Gasteiger partial charge in [0.2, 0.25) is 11.8 Å². The Morgan fingerprint density at radius 2 is 1.77 bits per heavy atom. The van der Waals surface area contributed by atoms with E-state index in [1.807, 2.05) is 30.3 Å². The molecule has 0 aliphatic heterocycles. The van der Waals surface area contributed by atoms with Crippen molar-refractivity contribution in [1.82, 2.24) is 10.3 Å². The summed E-state index contributed by atoms with van der Waals surface area (Å²) in [6.07, 6.45) is 4.67. The maximum Gasteiger partial charge on any atom is 0.227 e. The Kier molecular flexibility index (Phi) is 6.17. The number of amides is 2. The molecule has 0 radical (unpaired) electrons. The summed E-state index contributed by atoms with van der Waals surface area (Å²) >= 11 is 0. The number of hydrogen-bond acceptors (Lipinski definition) is 4. The number of pyridine rings is 1. The van der Waals surface area contributed by atoms with E-state index >= 15 is 0 Å². The van der Waals surface area contributed by atoms with Gasteiger partial charge in [0, 0.05) is 37.1 Å². The average Bonchev–Trinajstić information content (AvgIpc) is 2.68. The standard InChI is InChI=1S/C20H25N3O3/c1-26-13-12-22-19(24)15-7-9-16(10-8-15)20(25)23-17-6-2-4-14-5-3-11-21-18(14)17/h2-6,11,15-16H,7-10,12-13H2,1H3,(H,22,24)(H,23,25). The van der Waals surface area contributed by atoms with Gasteiger partial charge in [-0.25, -0.2) is 0 Å². The summed E-state index contributed by atoms with van der Waals surface area (Å²) in [7, 11) is 1.61. The first-order valence-corrected chi connectivity index (χ1v) is 9.10. The Labute approximate surface area is 153 Å². The number of benzene rings is 1. The molecule has 0 spiro atoms. The fourth-order valence-corrected chi connectivity index (χ4v) is 3.48. The van der Waals surface area contributed by atoms with Crippen LogP contribution in [0.3, 0.4) is 0 Å². The number of methoxy groups -OCH3 is 1. The van der Waals surface area contributed by atoms with Gasteiger partial charge in [0.05, 0.1) is 17.8 Å². The first kappa shape index (κ1) is 18.3. The number of anilines is 1. The zero-order valence-electron chi connectivity index (χ0n) is 15.0. The molecule has 2 N–H and O–H groups in total. The SMILES string of the molecule is COCCNC(=O)C1CCC(C(=O)Nc2cccc3cccnc23)CC1. The number of aromatic nitrogens is 1. The van der Waals surface area contributed by atoms with E-state index < -0.39 is 0 Å². The number of carbonyl (C=O) groups is 2. The second-order valence-corrected chi connectivity index (χ2v) is 6.70. The van der Waals surface area contributed by atoms with Crippen molar-refractivity contribution < 1.29 is 14.3 Å². The third-order valence-corrected chi connectivity index (χ3v) is 4.96. The van der Waals surface area contributed by atoms with E-state index in [9.17, 15) is 9.59 Å². The van der Waals surface area contributed by atoms with E-state index in [1.54, 1.807) is 13.3 Å². The highest BCUT2D eigenvalue weighted by Gasteiger charge is 2.30. The molecule has 1 heterocycles. The number of hydrogen-bond donors (Lipinski definition) is 2. The van der Waals surface area contributed by atoms with Crippen molar-refractivity contribution in [2.45, 2.75) is 25.7 Å². The van der Waals surface area contributed by atoms with Gasteiger partial charge in [0.15, 0.2) is 0 Å². The van der Waals surface area contributed by atoms with Gasteiger partial charge in [-0.15, -0.1) is 0 Å². The fraction of sp³-hybridized carbons (Fsp3) is 0.450. The Balaban J connectivity index is 1.54. The monoisotopic (exact) mass is 355 g/mol. The highest BCUT2D eigenvalue weighted by Crippen LogP contribution is 2.30. The second-order valence-electron chi connectivity index (χ2n) is 6.70. The summed E-state index contributed by atoms with van der Waals surface area (Å²) in [6.45, 7) is 1.05. The van der Waals surface area contributed by atoms with Crippen LogP contribution in [0.25, 0.3) is 10.9 Å². The maximum absolute atomic E-state index is 12.6. The molecule has 3 rings (SSSR count). The van der Waals surface area contributed by atoms with Crippen molar-refractivity contribution in [1.29, 1.82) is 0 Å². The average molecular weight is 355 g/mol. The number of fused-ring (bicyclic) bond motifs is 1. The molecular weight excluding hydrogens is 330 g/mol. The van der Waals surface area contributed by atoms with Gasteiger partial charge in [0.25, 0.3) is 0 Å². The number of rotatable bonds is 6. The Morgan fingerprint density at radius 1 is 1.08 bits per heavy atom. The minimum Gasteiger partial charge on any atom is -0.383 e. The molecule has 0 bridgehead atoms. The lowest BCUT2D eigenvalue weighted by atomic mass is 9.81. The third-order valence-electron chi connectivity index (χ3n) is 4.96. The van der Waals surface area contributed by atoms with Crippen molar-refractivity contribution in [3.05, 3.63) is 36.5 Å². The molecule has 1 aliphatic rings. The molecule has 0 atom stereocenters. The van der Waals surface area contributed by atoms with Crippen LogP contribution in [0, 0.1) is 11.8 Å². The van der Waals surface area contributed by atoms with Gasteiger partial charge in [0.1, 0.15) is 0 Å². The summed E-state index contributed by atoms with van der Waals surface area (Å²) in [6, 6.07) is 9.63. The number of para-hydroxylation sites is 1. The van der Waals surface area contributed by atoms with Gasteiger partial charge >= 0.3 is 0 Å². The summed E-state index contributed by atoms with van der Waals surface area (Å²) < 4.78 is 4.94. The molecule has 138 valence electrons. The molecular formula is C20H25N3O3. The van der Waals surface area contributed by atoms with Crippen molar-refractivity contribution in [3.63, 3.8) is 0 Å². The summed E-state index contributed by atoms with van der Waals surface area (Å²) in [5, 5.41) is 6.91. The Morgan fingerprint density at radius 3 is 2.50 bits per heavy atom. The molecule has 6 heteroatoms. The van der Waals surface area contributed by atoms with Gasteiger partial charge in [-0.05, 0) is 37.8 Å². The van der Waals surface area contributed by atoms with Gasteiger partial charge < -0.3 is 15.4 Å². The lowest BCUT2D eigenvalue weighted by molar-refractivity contribution is -0.128. The molecule has 2 amide bonds. The number of carbonyl (C=O) groups excluding carboxylic acids is 2. The summed E-state index contributed by atoms with van der Waals surface area (Å²) in [5.74, 6) is 0.0210. The molecule has 1 aliphatic carbocycles. The van der Waals surface area contributed by atoms with E-state index in [0.29, 0.717) is 13.2 Å². The zero-order chi connectivity index (χ0) is 18.4. The molecule has 1 aromatic carbocycles. The lowest BCUT2D eigenvalue weighted by Crippen LogP contribution is -2.36. The van der Waals surface area contributed by atoms with Crippen molar-refractivity contribution in [3.8, 4) is 0 Å². The lowest BCUT2D eigenvalue weighted by Gasteiger charge is -2.27. The smallest absolute Gasteiger partial charge is 0.227 e. The Hall–Kier alpha value is -2.47. The molecule has 1 fully saturated rings. The van der Waals surface area contributed by atoms with Crippen LogP contribution < -0.4 is 10.6 Å². The zero-order valence-corrected chi connectivity index (χ0v) is 15.0. The predicted octanol–water partition coefficient (Wildman–Crippen LogP) is 2.74. The first-order chi connectivity index (χ1) is 12.7. The summed E-state index contributed by atoms with van der Waals surface area (Å²) in [5.41, 5.74) is 1.54. The highest BCUT2D eigenvalue weighted by molar-refractivity contribution is 6.01. The minimum absolute atomic E-state index is 0.00451. The quantitative estimate of drug-likeness (QED) is 0.781. The van der Waals surface area contributed by atoms with Gasteiger partial charge in [-0.1, -0.05) is 18.2 Å². The van der Waals surface area contributed by atoms with Gasteiger partial charge in [-0.3, -0.25) is 14.6 Å². The Bertz CT molecular complexity index is 764. The topological polar surface area (TPSA) is 80.3 Å². The van der Waals surface area contributed by atoms with Gasteiger partial charge in [-0.2, -0.15) is 0 Å². The minimum atomic E-state index is -0.0583.